The van der Waals surface area contributed by atoms with Crippen LogP contribution < -0.4 is 16.1 Å². The van der Waals surface area contributed by atoms with Crippen molar-refractivity contribution in [1.82, 2.24) is 10.5 Å². The number of aromatic nitrogens is 1. The van der Waals surface area contributed by atoms with E-state index < -0.39 is 0 Å². The van der Waals surface area contributed by atoms with Crippen LogP contribution in [0.15, 0.2) is 36.5 Å². The number of hydrogen-bond acceptors (Lipinski definition) is 5. The van der Waals surface area contributed by atoms with Gasteiger partial charge < -0.3 is 10.6 Å². The molecule has 0 aliphatic rings. The summed E-state index contributed by atoms with van der Waals surface area (Å²) in [6, 6.07) is 8.86. The van der Waals surface area contributed by atoms with Crippen LogP contribution in [0.5, 0.6) is 0 Å². The van der Waals surface area contributed by atoms with E-state index in [1.165, 1.54) is 7.11 Å². The van der Waals surface area contributed by atoms with Crippen molar-refractivity contribution in [2.75, 3.05) is 24.3 Å². The average Bonchev–Trinajstić information content (AvgIpc) is 2.51. The lowest BCUT2D eigenvalue weighted by Crippen LogP contribution is -2.22. The number of rotatable bonds is 6. The second-order valence-electron chi connectivity index (χ2n) is 4.39. The first-order valence-electron chi connectivity index (χ1n) is 6.74. The van der Waals surface area contributed by atoms with Crippen molar-refractivity contribution < 1.29 is 9.63 Å². The van der Waals surface area contributed by atoms with E-state index in [9.17, 15) is 4.79 Å². The van der Waals surface area contributed by atoms with Gasteiger partial charge in [-0.25, -0.2) is 10.5 Å². The molecule has 1 aromatic heterocycles. The number of para-hydroxylation sites is 1. The molecule has 0 fully saturated rings. The van der Waals surface area contributed by atoms with Crippen LogP contribution in [-0.4, -0.2) is 24.5 Å². The topological polar surface area (TPSA) is 75.3 Å². The number of hydrogen-bond donors (Lipinski definition) is 3. The molecule has 7 heteroatoms. The Morgan fingerprint density at radius 2 is 2.09 bits per heavy atom. The molecule has 1 heterocycles. The summed E-state index contributed by atoms with van der Waals surface area (Å²) in [5.74, 6) is 0.357. The third-order valence-electron chi connectivity index (χ3n) is 2.85. The van der Waals surface area contributed by atoms with Crippen molar-refractivity contribution in [1.29, 1.82) is 0 Å². The van der Waals surface area contributed by atoms with Gasteiger partial charge in [0.05, 0.1) is 35.3 Å². The second kappa shape index (κ2) is 7.63. The maximum absolute atomic E-state index is 12.0. The predicted octanol–water partition coefficient (Wildman–Crippen LogP) is 3.20. The molecule has 0 unspecified atom stereocenters. The molecule has 6 nitrogen and oxygen atoms in total. The minimum atomic E-state index is -0.345. The number of carbonyl (C=O) groups excluding carboxylic acids is 1. The fraction of sp³-hybridized carbons (Fsp3) is 0.200. The van der Waals surface area contributed by atoms with E-state index in [0.717, 1.165) is 6.54 Å². The van der Waals surface area contributed by atoms with Gasteiger partial charge in [0.15, 0.2) is 0 Å². The lowest BCUT2D eigenvalue weighted by Gasteiger charge is -2.13. The lowest BCUT2D eigenvalue weighted by molar-refractivity contribution is 0.0538. The smallest absolute Gasteiger partial charge is 0.276 e. The monoisotopic (exact) mass is 320 g/mol. The molecule has 0 atom stereocenters. The van der Waals surface area contributed by atoms with Gasteiger partial charge in [-0.2, -0.15) is 0 Å². The zero-order valence-electron chi connectivity index (χ0n) is 12.3. The molecular formula is C15H17ClN4O2. The zero-order chi connectivity index (χ0) is 15.9. The molecule has 2 aromatic rings. The van der Waals surface area contributed by atoms with Gasteiger partial charge in [0.2, 0.25) is 0 Å². The molecule has 116 valence electrons. The lowest BCUT2D eigenvalue weighted by atomic mass is 10.1. The average molecular weight is 321 g/mol. The van der Waals surface area contributed by atoms with E-state index in [1.54, 1.807) is 30.5 Å². The van der Waals surface area contributed by atoms with Crippen LogP contribution in [0.3, 0.4) is 0 Å². The highest BCUT2D eigenvalue weighted by molar-refractivity contribution is 6.33. The van der Waals surface area contributed by atoms with Crippen molar-refractivity contribution in [2.24, 2.45) is 0 Å². The summed E-state index contributed by atoms with van der Waals surface area (Å²) in [6.45, 7) is 2.73. The quantitative estimate of drug-likeness (QED) is 0.713. The number of nitrogens with one attached hydrogen (secondary N) is 3. The van der Waals surface area contributed by atoms with E-state index in [1.807, 2.05) is 13.0 Å². The molecular weight excluding hydrogens is 304 g/mol. The minimum absolute atomic E-state index is 0.345. The fourth-order valence-corrected chi connectivity index (χ4v) is 2.05. The van der Waals surface area contributed by atoms with Gasteiger partial charge in [0.25, 0.3) is 5.91 Å². The zero-order valence-corrected chi connectivity index (χ0v) is 13.1. The second-order valence-corrected chi connectivity index (χ2v) is 4.79. The summed E-state index contributed by atoms with van der Waals surface area (Å²) in [6.07, 6.45) is 1.56. The molecule has 0 saturated heterocycles. The van der Waals surface area contributed by atoms with Gasteiger partial charge >= 0.3 is 0 Å². The first kappa shape index (κ1) is 16.1. The van der Waals surface area contributed by atoms with Crippen LogP contribution in [-0.2, 0) is 4.84 Å². The van der Waals surface area contributed by atoms with Crippen LogP contribution in [0.4, 0.5) is 17.2 Å². The normalized spacial score (nSPS) is 10.1. The van der Waals surface area contributed by atoms with E-state index in [-0.39, 0.29) is 5.91 Å². The number of amides is 1. The number of hydroxylamine groups is 1. The van der Waals surface area contributed by atoms with E-state index in [0.29, 0.717) is 27.8 Å². The van der Waals surface area contributed by atoms with Crippen molar-refractivity contribution in [3.63, 3.8) is 0 Å². The molecule has 1 aromatic carbocycles. The first-order chi connectivity index (χ1) is 10.7. The van der Waals surface area contributed by atoms with Crippen LogP contribution >= 0.6 is 11.6 Å². The molecule has 22 heavy (non-hydrogen) atoms. The largest absolute Gasteiger partial charge is 0.370 e. The third-order valence-corrected chi connectivity index (χ3v) is 3.15. The summed E-state index contributed by atoms with van der Waals surface area (Å²) < 4.78 is 0. The summed E-state index contributed by atoms with van der Waals surface area (Å²) in [5.41, 5.74) is 4.02. The highest BCUT2D eigenvalue weighted by atomic mass is 35.5. The third kappa shape index (κ3) is 3.87. The Morgan fingerprint density at radius 3 is 2.82 bits per heavy atom. The van der Waals surface area contributed by atoms with Crippen molar-refractivity contribution >= 4 is 34.7 Å². The number of benzene rings is 1. The Kier molecular flexibility index (Phi) is 5.57. The van der Waals surface area contributed by atoms with Gasteiger partial charge in [0.1, 0.15) is 5.82 Å². The van der Waals surface area contributed by atoms with E-state index in [2.05, 4.69) is 25.9 Å². The molecule has 0 aliphatic heterocycles. The summed E-state index contributed by atoms with van der Waals surface area (Å²) in [5, 5.41) is 6.72. The SMILES string of the molecule is CCNc1cc(Nc2ccccc2C(=O)NOC)c(Cl)cn1. The van der Waals surface area contributed by atoms with E-state index in [4.69, 9.17) is 11.6 Å². The first-order valence-corrected chi connectivity index (χ1v) is 7.12. The van der Waals surface area contributed by atoms with Gasteiger partial charge in [-0.1, -0.05) is 23.7 Å². The van der Waals surface area contributed by atoms with Crippen molar-refractivity contribution in [2.45, 2.75) is 6.92 Å². The van der Waals surface area contributed by atoms with Gasteiger partial charge in [-0.15, -0.1) is 0 Å². The number of pyridine rings is 1. The van der Waals surface area contributed by atoms with Gasteiger partial charge in [-0.3, -0.25) is 9.63 Å². The molecule has 3 N–H and O–H groups in total. The van der Waals surface area contributed by atoms with Crippen LogP contribution in [0.2, 0.25) is 5.02 Å². The standard InChI is InChI=1S/C15H17ClN4O2/c1-3-17-14-8-13(11(16)9-18-14)19-12-7-5-4-6-10(12)15(21)20-22-2/h4-9H,3H2,1-2H3,(H,20,21)(H2,17,18,19). The summed E-state index contributed by atoms with van der Waals surface area (Å²) in [4.78, 5) is 20.8. The van der Waals surface area contributed by atoms with Crippen molar-refractivity contribution in [3.8, 4) is 0 Å². The summed E-state index contributed by atoms with van der Waals surface area (Å²) >= 11 is 6.16. The van der Waals surface area contributed by atoms with Crippen LogP contribution in [0.25, 0.3) is 0 Å². The van der Waals surface area contributed by atoms with Gasteiger partial charge in [-0.05, 0) is 19.1 Å². The van der Waals surface area contributed by atoms with Crippen LogP contribution in [0.1, 0.15) is 17.3 Å². The molecule has 0 aliphatic carbocycles. The molecule has 0 radical (unpaired) electrons. The maximum atomic E-state index is 12.0. The molecule has 0 saturated carbocycles. The molecule has 2 rings (SSSR count). The predicted molar refractivity (Wildman–Crippen MR) is 87.6 cm³/mol. The van der Waals surface area contributed by atoms with E-state index >= 15 is 0 Å². The minimum Gasteiger partial charge on any atom is -0.370 e. The molecule has 0 spiro atoms. The Labute approximate surface area is 133 Å². The highest BCUT2D eigenvalue weighted by Gasteiger charge is 2.12. The van der Waals surface area contributed by atoms with Crippen LogP contribution in [0, 0.1) is 0 Å². The maximum Gasteiger partial charge on any atom is 0.276 e. The molecule has 0 bridgehead atoms. The Bertz CT molecular complexity index is 664. The Hall–Kier alpha value is -2.31. The van der Waals surface area contributed by atoms with Gasteiger partial charge in [0, 0.05) is 12.6 Å². The summed E-state index contributed by atoms with van der Waals surface area (Å²) in [7, 11) is 1.39. The highest BCUT2D eigenvalue weighted by Crippen LogP contribution is 2.28. The number of carbonyl (C=O) groups is 1. The number of anilines is 3. The Morgan fingerprint density at radius 1 is 1.32 bits per heavy atom. The number of halogens is 1. The molecule has 1 amide bonds. The fourth-order valence-electron chi connectivity index (χ4n) is 1.90. The van der Waals surface area contributed by atoms with Crippen molar-refractivity contribution in [3.05, 3.63) is 47.1 Å². The Balaban J connectivity index is 2.31. The number of nitrogens with zero attached hydrogens (tertiary/aromatic N) is 1.